The zero-order chi connectivity index (χ0) is 17.2. The summed E-state index contributed by atoms with van der Waals surface area (Å²) in [5.41, 5.74) is 1.40. The van der Waals surface area contributed by atoms with E-state index >= 15 is 0 Å². The number of fused-ring (bicyclic) bond motifs is 1. The summed E-state index contributed by atoms with van der Waals surface area (Å²) in [4.78, 5) is 44.1. The van der Waals surface area contributed by atoms with Crippen molar-refractivity contribution in [2.75, 3.05) is 6.35 Å². The van der Waals surface area contributed by atoms with Gasteiger partial charge in [0, 0.05) is 11.1 Å². The number of nitrogens with one attached hydrogen (secondary N) is 2. The van der Waals surface area contributed by atoms with Crippen LogP contribution in [0.4, 0.5) is 0 Å². The van der Waals surface area contributed by atoms with Gasteiger partial charge in [0.15, 0.2) is 0 Å². The van der Waals surface area contributed by atoms with Gasteiger partial charge in [-0.25, -0.2) is 4.98 Å². The molecule has 0 unspecified atom stereocenters. The van der Waals surface area contributed by atoms with Crippen molar-refractivity contribution in [1.82, 2.24) is 15.0 Å². The van der Waals surface area contributed by atoms with Gasteiger partial charge in [-0.1, -0.05) is 30.0 Å². The van der Waals surface area contributed by atoms with Crippen LogP contribution in [-0.2, 0) is 15.9 Å². The van der Waals surface area contributed by atoms with Gasteiger partial charge in [0.05, 0.1) is 24.2 Å². The molecule has 2 heterocycles. The predicted molar refractivity (Wildman–Crippen MR) is 84.5 cm³/mol. The molecule has 12 heteroatoms. The number of aromatic amines is 2. The first-order valence-corrected chi connectivity index (χ1v) is 9.38. The Bertz CT molecular complexity index is 974. The number of rotatable bonds is 6. The molecule has 26 heavy (non-hydrogen) atoms. The van der Waals surface area contributed by atoms with Crippen LogP contribution in [0.15, 0.2) is 51.4 Å². The third-order valence-electron chi connectivity index (χ3n) is 3.13. The molecule has 0 aliphatic carbocycles. The van der Waals surface area contributed by atoms with Gasteiger partial charge < -0.3 is 29.1 Å². The molecular formula is C14H12N3Na2O5PS. The Balaban J connectivity index is 0.00000169. The van der Waals surface area contributed by atoms with E-state index in [1.807, 2.05) is 12.1 Å². The van der Waals surface area contributed by atoms with E-state index in [9.17, 15) is 19.1 Å². The van der Waals surface area contributed by atoms with Crippen LogP contribution >= 0.6 is 19.4 Å². The summed E-state index contributed by atoms with van der Waals surface area (Å²) in [5.74, 6) is 0. The largest absolute Gasteiger partial charge is 1.00 e. The number of benzene rings is 1. The Hall–Kier alpha value is 0.100. The fourth-order valence-corrected chi connectivity index (χ4v) is 3.44. The fraction of sp³-hybridized carbons (Fsp3) is 0.143. The molecular weight excluding hydrogens is 399 g/mol. The van der Waals surface area contributed by atoms with Crippen LogP contribution in [0.1, 0.15) is 5.56 Å². The zero-order valence-electron chi connectivity index (χ0n) is 14.2. The molecule has 0 saturated heterocycles. The molecule has 0 atom stereocenters. The molecule has 0 saturated carbocycles. The summed E-state index contributed by atoms with van der Waals surface area (Å²) in [7, 11) is -4.69. The molecule has 2 aromatic heterocycles. The zero-order valence-corrected chi connectivity index (χ0v) is 19.9. The second-order valence-electron chi connectivity index (χ2n) is 4.91. The minimum Gasteiger partial charge on any atom is -0.809 e. The number of nitrogens with zero attached hydrogens (tertiary/aromatic N) is 1. The first-order valence-electron chi connectivity index (χ1n) is 6.83. The minimum absolute atomic E-state index is 0. The van der Waals surface area contributed by atoms with Crippen molar-refractivity contribution in [3.05, 3.63) is 52.7 Å². The van der Waals surface area contributed by atoms with E-state index in [0.29, 0.717) is 11.0 Å². The maximum Gasteiger partial charge on any atom is 1.00 e. The van der Waals surface area contributed by atoms with Crippen LogP contribution in [0.2, 0.25) is 0 Å². The molecule has 0 amide bonds. The Morgan fingerprint density at radius 3 is 2.62 bits per heavy atom. The standard InChI is InChI=1S/C14H14N3O5PS.2Na/c18-14-13-12(16-7-17-14)11(5-15-13)24-10-4-2-1-3-9(10)6-22-8-23(19,20)21;;/h1-5,7,15H,6,8H2,(H,16,17,18)(H2,19,20,21);;/q;2*+1/p-2. The second-order valence-corrected chi connectivity index (χ2v) is 7.47. The van der Waals surface area contributed by atoms with Crippen molar-refractivity contribution >= 4 is 30.4 Å². The van der Waals surface area contributed by atoms with Crippen LogP contribution < -0.4 is 74.5 Å². The third kappa shape index (κ3) is 6.32. The average Bonchev–Trinajstić information content (AvgIpc) is 2.92. The van der Waals surface area contributed by atoms with Crippen LogP contribution in [0.25, 0.3) is 11.0 Å². The molecule has 0 spiro atoms. The maximum atomic E-state index is 11.7. The molecule has 0 aliphatic heterocycles. The number of H-pyrrole nitrogens is 2. The van der Waals surface area contributed by atoms with E-state index in [2.05, 4.69) is 15.0 Å². The van der Waals surface area contributed by atoms with Gasteiger partial charge in [0.25, 0.3) is 5.56 Å². The number of hydrogen-bond donors (Lipinski definition) is 2. The van der Waals surface area contributed by atoms with E-state index in [1.54, 1.807) is 18.3 Å². The molecule has 0 fully saturated rings. The molecule has 2 N–H and O–H groups in total. The van der Waals surface area contributed by atoms with Crippen molar-refractivity contribution < 1.29 is 78.2 Å². The van der Waals surface area contributed by atoms with Crippen LogP contribution in [0.5, 0.6) is 0 Å². The van der Waals surface area contributed by atoms with E-state index < -0.39 is 13.9 Å². The van der Waals surface area contributed by atoms with Gasteiger partial charge in [-0.15, -0.1) is 0 Å². The van der Waals surface area contributed by atoms with E-state index in [1.165, 1.54) is 18.1 Å². The molecule has 126 valence electrons. The molecule has 0 aliphatic rings. The van der Waals surface area contributed by atoms with Crippen molar-refractivity contribution in [2.24, 2.45) is 0 Å². The van der Waals surface area contributed by atoms with Gasteiger partial charge in [-0.2, -0.15) is 0 Å². The van der Waals surface area contributed by atoms with Crippen LogP contribution in [-0.4, -0.2) is 21.3 Å². The first kappa shape index (κ1) is 24.1. The number of hydrogen-bond acceptors (Lipinski definition) is 7. The van der Waals surface area contributed by atoms with E-state index in [4.69, 9.17) is 4.74 Å². The summed E-state index contributed by atoms with van der Waals surface area (Å²) >= 11 is 1.37. The van der Waals surface area contributed by atoms with Crippen molar-refractivity contribution in [3.63, 3.8) is 0 Å². The third-order valence-corrected chi connectivity index (χ3v) is 4.78. The smallest absolute Gasteiger partial charge is 0.809 e. The van der Waals surface area contributed by atoms with E-state index in [0.717, 1.165) is 15.4 Å². The Morgan fingerprint density at radius 2 is 1.88 bits per heavy atom. The normalized spacial score (nSPS) is 11.0. The van der Waals surface area contributed by atoms with Gasteiger partial charge in [-0.3, -0.25) is 4.79 Å². The first-order chi connectivity index (χ1) is 11.4. The van der Waals surface area contributed by atoms with E-state index in [-0.39, 0.29) is 71.3 Å². The van der Waals surface area contributed by atoms with Gasteiger partial charge in [-0.05, 0) is 19.2 Å². The van der Waals surface area contributed by atoms with Gasteiger partial charge >= 0.3 is 59.1 Å². The summed E-state index contributed by atoms with van der Waals surface area (Å²) in [6, 6.07) is 7.23. The molecule has 3 rings (SSSR count). The Labute approximate surface area is 197 Å². The average molecular weight is 411 g/mol. The van der Waals surface area contributed by atoms with Crippen molar-refractivity contribution in [1.29, 1.82) is 0 Å². The van der Waals surface area contributed by atoms with Gasteiger partial charge in [0.1, 0.15) is 11.0 Å². The topological polar surface area (TPSA) is 134 Å². The van der Waals surface area contributed by atoms with Crippen LogP contribution in [0.3, 0.4) is 0 Å². The number of ether oxygens (including phenoxy) is 1. The maximum absolute atomic E-state index is 11.7. The summed E-state index contributed by atoms with van der Waals surface area (Å²) in [5, 5.41) is 0. The van der Waals surface area contributed by atoms with Crippen molar-refractivity contribution in [3.8, 4) is 0 Å². The summed E-state index contributed by atoms with van der Waals surface area (Å²) < 4.78 is 15.6. The SMILES string of the molecule is O=c1[nH]cnc2c(Sc3ccccc3COCP(=O)([O-])[O-])c[nH]c12.[Na+].[Na+]. The molecule has 3 aromatic rings. The quantitative estimate of drug-likeness (QED) is 0.306. The Kier molecular flexibility index (Phi) is 9.83. The number of aromatic nitrogens is 3. The second kappa shape index (κ2) is 10.6. The Morgan fingerprint density at radius 1 is 1.15 bits per heavy atom. The monoisotopic (exact) mass is 411 g/mol. The summed E-state index contributed by atoms with van der Waals surface area (Å²) in [6.45, 7) is -0.00594. The van der Waals surface area contributed by atoms with Crippen LogP contribution in [0, 0.1) is 0 Å². The molecule has 0 radical (unpaired) electrons. The minimum atomic E-state index is -4.69. The predicted octanol–water partition coefficient (Wildman–Crippen LogP) is -5.20. The fourth-order valence-electron chi connectivity index (χ4n) is 2.11. The molecule has 0 bridgehead atoms. The molecule has 8 nitrogen and oxygen atoms in total. The van der Waals surface area contributed by atoms with Crippen molar-refractivity contribution in [2.45, 2.75) is 16.4 Å². The summed E-state index contributed by atoms with van der Waals surface area (Å²) in [6.07, 6.45) is 2.16. The van der Waals surface area contributed by atoms with Gasteiger partial charge in [0.2, 0.25) is 0 Å². The molecule has 1 aromatic carbocycles.